The number of hydrogen-bond donors (Lipinski definition) is 1. The molecule has 0 fully saturated rings. The fraction of sp³-hybridized carbons (Fsp3) is 0.333. The van der Waals surface area contributed by atoms with E-state index in [2.05, 4.69) is 5.32 Å². The Bertz CT molecular complexity index is 1580. The Kier molecular flexibility index (Phi) is 10.9. The molecule has 0 aliphatic heterocycles. The standard InChI is InChI=1S/C30H34Cl2FN3O6S/c1-19(29(38)34-30(2,3)4)35(17-20-7-8-21(31)15-25(20)32)28(37)18-36(23-11-9-22(33)10-12-23)43(39,40)24-13-14-26(41-5)27(16-24)42-6/h7-16,19H,17-18H2,1-6H3,(H,34,38)/t19-/m1/s1. The zero-order valence-electron chi connectivity index (χ0n) is 24.7. The number of sulfonamides is 1. The molecular weight excluding hydrogens is 620 g/mol. The number of halogens is 3. The SMILES string of the molecule is COc1ccc(S(=O)(=O)N(CC(=O)N(Cc2ccc(Cl)cc2Cl)[C@H](C)C(=O)NC(C)(C)C)c2ccc(F)cc2)cc1OC. The summed E-state index contributed by atoms with van der Waals surface area (Å²) < 4.78 is 53.3. The third kappa shape index (κ3) is 8.52. The molecule has 9 nitrogen and oxygen atoms in total. The summed E-state index contributed by atoms with van der Waals surface area (Å²) in [5.41, 5.74) is -0.0822. The fourth-order valence-corrected chi connectivity index (χ4v) is 6.03. The van der Waals surface area contributed by atoms with Crippen LogP contribution in [0.3, 0.4) is 0 Å². The van der Waals surface area contributed by atoms with Crippen molar-refractivity contribution in [1.29, 1.82) is 0 Å². The molecule has 0 aliphatic rings. The first-order valence-electron chi connectivity index (χ1n) is 13.1. The number of nitrogens with zero attached hydrogens (tertiary/aromatic N) is 2. The zero-order chi connectivity index (χ0) is 32.1. The highest BCUT2D eigenvalue weighted by Gasteiger charge is 2.34. The van der Waals surface area contributed by atoms with Crippen LogP contribution in [-0.2, 0) is 26.2 Å². The van der Waals surface area contributed by atoms with Crippen LogP contribution in [0.2, 0.25) is 10.0 Å². The number of anilines is 1. The maximum atomic E-state index is 14.0. The van der Waals surface area contributed by atoms with Crippen LogP contribution in [0.4, 0.5) is 10.1 Å². The van der Waals surface area contributed by atoms with Crippen LogP contribution in [0.25, 0.3) is 0 Å². The highest BCUT2D eigenvalue weighted by Crippen LogP contribution is 2.32. The first-order valence-corrected chi connectivity index (χ1v) is 15.3. The molecule has 1 atom stereocenters. The molecule has 0 unspecified atom stereocenters. The van der Waals surface area contributed by atoms with Crippen molar-refractivity contribution in [2.45, 2.75) is 50.7 Å². The average molecular weight is 655 g/mol. The van der Waals surface area contributed by atoms with E-state index in [1.165, 1.54) is 62.4 Å². The number of nitrogens with one attached hydrogen (secondary N) is 1. The van der Waals surface area contributed by atoms with Gasteiger partial charge in [0.25, 0.3) is 10.0 Å². The zero-order valence-corrected chi connectivity index (χ0v) is 27.0. The number of rotatable bonds is 11. The Morgan fingerprint density at radius 2 is 1.58 bits per heavy atom. The van der Waals surface area contributed by atoms with Crippen LogP contribution >= 0.6 is 23.2 Å². The van der Waals surface area contributed by atoms with E-state index in [-0.39, 0.29) is 27.9 Å². The second-order valence-electron chi connectivity index (χ2n) is 10.7. The molecule has 1 N–H and O–H groups in total. The minimum Gasteiger partial charge on any atom is -0.493 e. The summed E-state index contributed by atoms with van der Waals surface area (Å²) in [6.45, 7) is 6.08. The number of carbonyl (C=O) groups excluding carboxylic acids is 2. The highest BCUT2D eigenvalue weighted by molar-refractivity contribution is 7.92. The van der Waals surface area contributed by atoms with Gasteiger partial charge in [-0.2, -0.15) is 0 Å². The van der Waals surface area contributed by atoms with Gasteiger partial charge in [0.2, 0.25) is 11.8 Å². The highest BCUT2D eigenvalue weighted by atomic mass is 35.5. The van der Waals surface area contributed by atoms with Crippen molar-refractivity contribution in [2.75, 3.05) is 25.1 Å². The molecule has 13 heteroatoms. The molecular formula is C30H34Cl2FN3O6S. The molecule has 0 saturated heterocycles. The largest absolute Gasteiger partial charge is 0.493 e. The van der Waals surface area contributed by atoms with Gasteiger partial charge < -0.3 is 19.7 Å². The number of benzene rings is 3. The van der Waals surface area contributed by atoms with Crippen LogP contribution < -0.4 is 19.1 Å². The molecule has 0 aromatic heterocycles. The van der Waals surface area contributed by atoms with Gasteiger partial charge in [0, 0.05) is 28.2 Å². The van der Waals surface area contributed by atoms with Crippen molar-refractivity contribution in [3.8, 4) is 11.5 Å². The molecule has 2 amide bonds. The molecule has 3 aromatic carbocycles. The molecule has 0 heterocycles. The Morgan fingerprint density at radius 1 is 0.953 bits per heavy atom. The van der Waals surface area contributed by atoms with E-state index < -0.39 is 45.8 Å². The van der Waals surface area contributed by atoms with E-state index in [1.54, 1.807) is 32.9 Å². The summed E-state index contributed by atoms with van der Waals surface area (Å²) in [5, 5.41) is 3.50. The van der Waals surface area contributed by atoms with Crippen molar-refractivity contribution < 1.29 is 31.9 Å². The van der Waals surface area contributed by atoms with E-state index in [1.807, 2.05) is 0 Å². The van der Waals surface area contributed by atoms with Gasteiger partial charge >= 0.3 is 0 Å². The van der Waals surface area contributed by atoms with Crippen LogP contribution in [0, 0.1) is 5.82 Å². The maximum Gasteiger partial charge on any atom is 0.264 e. The summed E-state index contributed by atoms with van der Waals surface area (Å²) in [5.74, 6) is -1.31. The molecule has 0 aliphatic carbocycles. The predicted molar refractivity (Wildman–Crippen MR) is 165 cm³/mol. The number of ether oxygens (including phenoxy) is 2. The molecule has 0 bridgehead atoms. The lowest BCUT2D eigenvalue weighted by Gasteiger charge is -2.33. The summed E-state index contributed by atoms with van der Waals surface area (Å²) >= 11 is 12.5. The van der Waals surface area contributed by atoms with Gasteiger partial charge in [-0.15, -0.1) is 0 Å². The van der Waals surface area contributed by atoms with Crippen molar-refractivity contribution in [3.05, 3.63) is 82.1 Å². The van der Waals surface area contributed by atoms with Crippen LogP contribution in [0.1, 0.15) is 33.3 Å². The molecule has 43 heavy (non-hydrogen) atoms. The number of hydrogen-bond acceptors (Lipinski definition) is 6. The topological polar surface area (TPSA) is 105 Å². The number of methoxy groups -OCH3 is 2. The quantitative estimate of drug-likeness (QED) is 0.286. The van der Waals surface area contributed by atoms with E-state index in [0.717, 1.165) is 16.4 Å². The smallest absolute Gasteiger partial charge is 0.264 e. The third-order valence-corrected chi connectivity index (χ3v) is 8.71. The van der Waals surface area contributed by atoms with Crippen molar-refractivity contribution >= 4 is 50.7 Å². The summed E-state index contributed by atoms with van der Waals surface area (Å²) in [7, 11) is -1.66. The normalized spacial score (nSPS) is 12.3. The lowest BCUT2D eigenvalue weighted by Crippen LogP contribution is -2.54. The Morgan fingerprint density at radius 3 is 2.14 bits per heavy atom. The van der Waals surface area contributed by atoms with E-state index in [0.29, 0.717) is 16.3 Å². The monoisotopic (exact) mass is 653 g/mol. The second-order valence-corrected chi connectivity index (χ2v) is 13.4. The molecule has 0 spiro atoms. The fourth-order valence-electron chi connectivity index (χ4n) is 4.13. The minimum absolute atomic E-state index is 0.0285. The lowest BCUT2D eigenvalue weighted by molar-refractivity contribution is -0.140. The van der Waals surface area contributed by atoms with Gasteiger partial charge in [-0.1, -0.05) is 29.3 Å². The summed E-state index contributed by atoms with van der Waals surface area (Å²) in [6.07, 6.45) is 0. The molecule has 3 aromatic rings. The van der Waals surface area contributed by atoms with Gasteiger partial charge in [-0.05, 0) is 81.8 Å². The Labute approximate surface area is 261 Å². The van der Waals surface area contributed by atoms with Crippen LogP contribution in [-0.4, -0.2) is 57.5 Å². The summed E-state index contributed by atoms with van der Waals surface area (Å²) in [6, 6.07) is 12.4. The first kappa shape index (κ1) is 34.0. The summed E-state index contributed by atoms with van der Waals surface area (Å²) in [4.78, 5) is 28.3. The van der Waals surface area contributed by atoms with Gasteiger partial charge in [-0.3, -0.25) is 13.9 Å². The third-order valence-electron chi connectivity index (χ3n) is 6.36. The molecule has 3 rings (SSSR count). The van der Waals surface area contributed by atoms with Crippen molar-refractivity contribution in [3.63, 3.8) is 0 Å². The minimum atomic E-state index is -4.43. The van der Waals surface area contributed by atoms with Crippen LogP contribution in [0.15, 0.2) is 65.6 Å². The van der Waals surface area contributed by atoms with Gasteiger partial charge in [0.05, 0.1) is 24.8 Å². The molecule has 232 valence electrons. The average Bonchev–Trinajstić information content (AvgIpc) is 2.94. The Hall–Kier alpha value is -3.54. The lowest BCUT2D eigenvalue weighted by atomic mass is 10.1. The van der Waals surface area contributed by atoms with Gasteiger partial charge in [0.1, 0.15) is 18.4 Å². The maximum absolute atomic E-state index is 14.0. The predicted octanol–water partition coefficient (Wildman–Crippen LogP) is 5.68. The van der Waals surface area contributed by atoms with Crippen LogP contribution in [0.5, 0.6) is 11.5 Å². The molecule has 0 radical (unpaired) electrons. The van der Waals surface area contributed by atoms with Gasteiger partial charge in [-0.25, -0.2) is 12.8 Å². The first-order chi connectivity index (χ1) is 20.1. The Balaban J connectivity index is 2.10. The van der Waals surface area contributed by atoms with E-state index in [4.69, 9.17) is 32.7 Å². The van der Waals surface area contributed by atoms with E-state index >= 15 is 0 Å². The van der Waals surface area contributed by atoms with Gasteiger partial charge in [0.15, 0.2) is 11.5 Å². The van der Waals surface area contributed by atoms with E-state index in [9.17, 15) is 22.4 Å². The number of carbonyl (C=O) groups is 2. The van der Waals surface area contributed by atoms with Crippen molar-refractivity contribution in [2.24, 2.45) is 0 Å². The number of amides is 2. The van der Waals surface area contributed by atoms with Crippen molar-refractivity contribution in [1.82, 2.24) is 10.2 Å². The second kappa shape index (κ2) is 13.8. The molecule has 0 saturated carbocycles.